The van der Waals surface area contributed by atoms with E-state index < -0.39 is 0 Å². The summed E-state index contributed by atoms with van der Waals surface area (Å²) in [7, 11) is 1.54. The van der Waals surface area contributed by atoms with E-state index >= 15 is 0 Å². The molecule has 1 aromatic carbocycles. The maximum Gasteiger partial charge on any atom is 0.244 e. The molecule has 1 amide bonds. The zero-order valence-electron chi connectivity index (χ0n) is 14.4. The number of halogens is 1. The summed E-state index contributed by atoms with van der Waals surface area (Å²) < 4.78 is 12.6. The number of rotatable bonds is 9. The molecule has 0 saturated carbocycles. The molecule has 0 spiro atoms. The van der Waals surface area contributed by atoms with Crippen molar-refractivity contribution < 1.29 is 14.3 Å². The molecule has 0 bridgehead atoms. The first kappa shape index (κ1) is 18.9. The molecule has 0 unspecified atom stereocenters. The topological polar surface area (TPSA) is 65.4 Å². The lowest BCUT2D eigenvalue weighted by Gasteiger charge is -2.11. The van der Waals surface area contributed by atoms with Crippen LogP contribution in [0.3, 0.4) is 0 Å². The summed E-state index contributed by atoms with van der Waals surface area (Å²) in [5, 5.41) is 7.38. The predicted octanol–water partition coefficient (Wildman–Crippen LogP) is 3.16. The van der Waals surface area contributed by atoms with Crippen molar-refractivity contribution in [2.24, 2.45) is 0 Å². The fourth-order valence-corrected chi connectivity index (χ4v) is 2.56. The third kappa shape index (κ3) is 5.83. The second-order valence-electron chi connectivity index (χ2n) is 5.21. The van der Waals surface area contributed by atoms with E-state index in [9.17, 15) is 4.79 Å². The highest BCUT2D eigenvalue weighted by molar-refractivity contribution is 6.32. The Bertz CT molecular complexity index is 715. The van der Waals surface area contributed by atoms with Gasteiger partial charge in [-0.2, -0.15) is 5.10 Å². The average molecular weight is 364 g/mol. The minimum atomic E-state index is -0.162. The summed E-state index contributed by atoms with van der Waals surface area (Å²) in [5.41, 5.74) is 0.765. The van der Waals surface area contributed by atoms with Crippen molar-refractivity contribution in [1.29, 1.82) is 0 Å². The van der Waals surface area contributed by atoms with Gasteiger partial charge in [0.25, 0.3) is 0 Å². The van der Waals surface area contributed by atoms with Gasteiger partial charge in [0, 0.05) is 31.6 Å². The van der Waals surface area contributed by atoms with Gasteiger partial charge in [-0.15, -0.1) is 0 Å². The van der Waals surface area contributed by atoms with E-state index in [1.807, 2.05) is 23.9 Å². The van der Waals surface area contributed by atoms with Crippen molar-refractivity contribution in [1.82, 2.24) is 15.1 Å². The lowest BCUT2D eigenvalue weighted by atomic mass is 10.2. The molecule has 0 aliphatic heterocycles. The summed E-state index contributed by atoms with van der Waals surface area (Å²) in [5.74, 6) is 0.880. The van der Waals surface area contributed by atoms with Crippen LogP contribution in [0.5, 0.6) is 11.5 Å². The number of benzene rings is 1. The molecule has 134 valence electrons. The van der Waals surface area contributed by atoms with Crippen LogP contribution in [0.25, 0.3) is 6.08 Å². The van der Waals surface area contributed by atoms with E-state index in [0.717, 1.165) is 18.5 Å². The fourth-order valence-electron chi connectivity index (χ4n) is 2.26. The number of carbonyl (C=O) groups is 1. The van der Waals surface area contributed by atoms with E-state index in [4.69, 9.17) is 21.1 Å². The second kappa shape index (κ2) is 9.74. The number of carbonyl (C=O) groups excluding carboxylic acids is 1. The first-order chi connectivity index (χ1) is 12.1. The van der Waals surface area contributed by atoms with Crippen LogP contribution in [0.15, 0.2) is 36.7 Å². The molecular weight excluding hydrogens is 342 g/mol. The Labute approximate surface area is 152 Å². The maximum atomic E-state index is 11.9. The molecule has 0 fully saturated rings. The van der Waals surface area contributed by atoms with Gasteiger partial charge in [-0.1, -0.05) is 11.6 Å². The van der Waals surface area contributed by atoms with Crippen molar-refractivity contribution in [2.45, 2.75) is 19.9 Å². The van der Waals surface area contributed by atoms with Crippen LogP contribution in [-0.2, 0) is 11.3 Å². The van der Waals surface area contributed by atoms with Crippen molar-refractivity contribution in [2.75, 3.05) is 20.3 Å². The number of amides is 1. The van der Waals surface area contributed by atoms with Crippen LogP contribution < -0.4 is 14.8 Å². The number of hydrogen-bond donors (Lipinski definition) is 1. The molecule has 2 rings (SSSR count). The minimum absolute atomic E-state index is 0.162. The van der Waals surface area contributed by atoms with Gasteiger partial charge in [-0.05, 0) is 43.2 Å². The smallest absolute Gasteiger partial charge is 0.244 e. The van der Waals surface area contributed by atoms with Crippen LogP contribution in [0.4, 0.5) is 0 Å². The summed E-state index contributed by atoms with van der Waals surface area (Å²) >= 11 is 6.19. The van der Waals surface area contributed by atoms with Gasteiger partial charge in [0.1, 0.15) is 0 Å². The van der Waals surface area contributed by atoms with Crippen molar-refractivity contribution in [3.63, 3.8) is 0 Å². The van der Waals surface area contributed by atoms with Gasteiger partial charge in [0.05, 0.1) is 18.7 Å². The van der Waals surface area contributed by atoms with Crippen molar-refractivity contribution in [3.05, 3.63) is 47.3 Å². The molecule has 0 aliphatic carbocycles. The fraction of sp³-hybridized carbons (Fsp3) is 0.333. The van der Waals surface area contributed by atoms with E-state index in [1.54, 1.807) is 24.4 Å². The number of aromatic nitrogens is 2. The zero-order valence-corrected chi connectivity index (χ0v) is 15.1. The number of hydrogen-bond acceptors (Lipinski definition) is 4. The largest absolute Gasteiger partial charge is 0.491 e. The monoisotopic (exact) mass is 363 g/mol. The molecule has 0 atom stereocenters. The highest BCUT2D eigenvalue weighted by Gasteiger charge is 2.10. The van der Waals surface area contributed by atoms with Gasteiger partial charge in [-0.3, -0.25) is 9.48 Å². The van der Waals surface area contributed by atoms with Gasteiger partial charge >= 0.3 is 0 Å². The number of aryl methyl sites for hydroxylation is 1. The first-order valence-electron chi connectivity index (χ1n) is 8.07. The molecule has 0 saturated heterocycles. The molecule has 25 heavy (non-hydrogen) atoms. The number of ether oxygens (including phenoxy) is 2. The molecule has 1 N–H and O–H groups in total. The summed E-state index contributed by atoms with van der Waals surface area (Å²) in [6.07, 6.45) is 7.60. The van der Waals surface area contributed by atoms with Crippen molar-refractivity contribution in [3.8, 4) is 11.5 Å². The van der Waals surface area contributed by atoms with E-state index in [2.05, 4.69) is 10.4 Å². The Balaban J connectivity index is 1.88. The van der Waals surface area contributed by atoms with Crippen LogP contribution >= 0.6 is 11.6 Å². The first-order valence-corrected chi connectivity index (χ1v) is 8.45. The summed E-state index contributed by atoms with van der Waals surface area (Å²) in [6, 6.07) is 5.39. The Morgan fingerprint density at radius 3 is 2.96 bits per heavy atom. The van der Waals surface area contributed by atoms with Crippen molar-refractivity contribution >= 4 is 23.6 Å². The predicted molar refractivity (Wildman–Crippen MR) is 98.1 cm³/mol. The van der Waals surface area contributed by atoms with E-state index in [-0.39, 0.29) is 5.91 Å². The maximum absolute atomic E-state index is 11.9. The standard InChI is InChI=1S/C18H22ClN3O3/c1-3-25-16-13-14(12-15(19)18(16)24-2)6-7-17(23)20-8-4-10-22-11-5-9-21-22/h5-7,9,11-13H,3-4,8,10H2,1-2H3,(H,20,23). The second-order valence-corrected chi connectivity index (χ2v) is 5.62. The lowest BCUT2D eigenvalue weighted by molar-refractivity contribution is -0.116. The molecule has 1 aromatic heterocycles. The van der Waals surface area contributed by atoms with Gasteiger partial charge in [0.15, 0.2) is 11.5 Å². The zero-order chi connectivity index (χ0) is 18.1. The summed E-state index contributed by atoms with van der Waals surface area (Å²) in [6.45, 7) is 3.72. The average Bonchev–Trinajstić information content (AvgIpc) is 3.10. The molecule has 1 heterocycles. The number of nitrogens with one attached hydrogen (secondary N) is 1. The Morgan fingerprint density at radius 2 is 2.28 bits per heavy atom. The molecule has 6 nitrogen and oxygen atoms in total. The molecule has 0 radical (unpaired) electrons. The van der Waals surface area contributed by atoms with Gasteiger partial charge in [0.2, 0.25) is 5.91 Å². The third-order valence-electron chi connectivity index (χ3n) is 3.39. The Hall–Kier alpha value is -2.47. The van der Waals surface area contributed by atoms with Crippen LogP contribution in [0, 0.1) is 0 Å². The number of nitrogens with zero attached hydrogens (tertiary/aromatic N) is 2. The Kier molecular flexibility index (Phi) is 7.35. The lowest BCUT2D eigenvalue weighted by Crippen LogP contribution is -2.23. The molecular formula is C18H22ClN3O3. The van der Waals surface area contributed by atoms with E-state index in [1.165, 1.54) is 13.2 Å². The van der Waals surface area contributed by atoms with Gasteiger partial charge in [-0.25, -0.2) is 0 Å². The molecule has 7 heteroatoms. The van der Waals surface area contributed by atoms with Gasteiger partial charge < -0.3 is 14.8 Å². The Morgan fingerprint density at radius 1 is 1.44 bits per heavy atom. The quantitative estimate of drug-likeness (QED) is 0.549. The SMILES string of the molecule is CCOc1cc(C=CC(=O)NCCCn2cccn2)cc(Cl)c1OC. The normalized spacial score (nSPS) is 10.8. The summed E-state index contributed by atoms with van der Waals surface area (Å²) in [4.78, 5) is 11.9. The minimum Gasteiger partial charge on any atom is -0.491 e. The van der Waals surface area contributed by atoms with Crippen LogP contribution in [-0.4, -0.2) is 35.9 Å². The molecule has 2 aromatic rings. The van der Waals surface area contributed by atoms with Crippen LogP contribution in [0.1, 0.15) is 18.9 Å². The van der Waals surface area contributed by atoms with E-state index in [0.29, 0.717) is 29.7 Å². The number of methoxy groups -OCH3 is 1. The van der Waals surface area contributed by atoms with Crippen LogP contribution in [0.2, 0.25) is 5.02 Å². The highest BCUT2D eigenvalue weighted by Crippen LogP contribution is 2.36. The third-order valence-corrected chi connectivity index (χ3v) is 3.67. The molecule has 0 aliphatic rings. The highest BCUT2D eigenvalue weighted by atomic mass is 35.5.